The summed E-state index contributed by atoms with van der Waals surface area (Å²) in [6.45, 7) is 4.67. The van der Waals surface area contributed by atoms with Gasteiger partial charge in [0, 0.05) is 0 Å². The summed E-state index contributed by atoms with van der Waals surface area (Å²) in [6, 6.07) is 16.2. The number of esters is 2. The van der Waals surface area contributed by atoms with Crippen LogP contribution in [0.5, 0.6) is 0 Å². The molecule has 0 saturated heterocycles. The molecule has 3 aliphatic carbocycles. The van der Waals surface area contributed by atoms with Crippen molar-refractivity contribution in [3.8, 4) is 0 Å². The minimum absolute atomic E-state index is 0.110. The number of carbonyl (C=O) groups excluding carboxylic acids is 2. The average Bonchev–Trinajstić information content (AvgIpc) is 3.14. The van der Waals surface area contributed by atoms with E-state index in [2.05, 4.69) is 38.1 Å². The van der Waals surface area contributed by atoms with E-state index in [1.165, 1.54) is 120 Å². The molecule has 1 atom stereocenters. The van der Waals surface area contributed by atoms with Crippen molar-refractivity contribution in [2.45, 2.75) is 167 Å². The Morgan fingerprint density at radius 2 is 1.04 bits per heavy atom. The molecule has 2 aromatic rings. The molecule has 0 N–H and O–H groups in total. The van der Waals surface area contributed by atoms with Gasteiger partial charge in [0.1, 0.15) is 12.7 Å². The molecule has 4 heteroatoms. The summed E-state index contributed by atoms with van der Waals surface area (Å²) in [5.74, 6) is 2.55. The Morgan fingerprint density at radius 3 is 1.50 bits per heavy atom. The van der Waals surface area contributed by atoms with Gasteiger partial charge in [-0.15, -0.1) is 0 Å². The van der Waals surface area contributed by atoms with Crippen LogP contribution < -0.4 is 0 Å². The van der Waals surface area contributed by atoms with Crippen LogP contribution >= 0.6 is 0 Å². The van der Waals surface area contributed by atoms with E-state index >= 15 is 0 Å². The highest BCUT2D eigenvalue weighted by molar-refractivity contribution is 5.90. The molecule has 4 nitrogen and oxygen atoms in total. The van der Waals surface area contributed by atoms with Crippen LogP contribution in [-0.2, 0) is 9.47 Å². The highest BCUT2D eigenvalue weighted by Gasteiger charge is 2.30. The van der Waals surface area contributed by atoms with Crippen molar-refractivity contribution >= 4 is 11.9 Å². The van der Waals surface area contributed by atoms with Crippen LogP contribution in [0.1, 0.15) is 192 Å². The van der Waals surface area contributed by atoms with Gasteiger partial charge in [0.25, 0.3) is 0 Å². The second-order valence-corrected chi connectivity index (χ2v) is 15.6. The maximum absolute atomic E-state index is 13.4. The van der Waals surface area contributed by atoms with Crippen molar-refractivity contribution in [1.82, 2.24) is 0 Å². The molecule has 0 radical (unpaired) electrons. The third-order valence-electron chi connectivity index (χ3n) is 12.2. The maximum atomic E-state index is 13.4. The molecule has 0 aliphatic heterocycles. The van der Waals surface area contributed by atoms with Gasteiger partial charge in [0.05, 0.1) is 11.1 Å². The van der Waals surface area contributed by atoms with Crippen LogP contribution in [0.4, 0.5) is 0 Å². The highest BCUT2D eigenvalue weighted by atomic mass is 16.6. The standard InChI is InChI=1S/C44H64O4/c1-3-5-8-12-33-16-20-35(21-17-33)37-24-28-40(29-25-37)43(45)47-32-42(39-14-10-7-11-15-39)48-44(46)41-30-26-38(27-31-41)36-22-18-34(19-23-36)13-9-6-4-2/h24-31,33-36,39,42H,3-23,32H2,1-2H3. The number of benzene rings is 2. The average molecular weight is 657 g/mol. The number of unbranched alkanes of at least 4 members (excludes halogenated alkanes) is 4. The lowest BCUT2D eigenvalue weighted by Crippen LogP contribution is -2.33. The second-order valence-electron chi connectivity index (χ2n) is 15.6. The molecular formula is C44H64O4. The normalized spacial score (nSPS) is 24.1. The summed E-state index contributed by atoms with van der Waals surface area (Å²) < 4.78 is 12.0. The first-order valence-electron chi connectivity index (χ1n) is 20.1. The van der Waals surface area contributed by atoms with Crippen molar-refractivity contribution in [3.63, 3.8) is 0 Å². The maximum Gasteiger partial charge on any atom is 0.338 e. The number of hydrogen-bond acceptors (Lipinski definition) is 4. The first-order valence-corrected chi connectivity index (χ1v) is 20.1. The second kappa shape index (κ2) is 19.5. The van der Waals surface area contributed by atoms with E-state index in [9.17, 15) is 9.59 Å². The summed E-state index contributed by atoms with van der Waals surface area (Å²) in [6.07, 6.45) is 26.2. The molecule has 3 fully saturated rings. The van der Waals surface area contributed by atoms with E-state index in [0.717, 1.165) is 37.5 Å². The summed E-state index contributed by atoms with van der Waals surface area (Å²) in [5.41, 5.74) is 3.85. The van der Waals surface area contributed by atoms with Gasteiger partial charge < -0.3 is 9.47 Å². The predicted octanol–water partition coefficient (Wildman–Crippen LogP) is 12.4. The van der Waals surface area contributed by atoms with E-state index in [4.69, 9.17) is 9.47 Å². The minimum atomic E-state index is -0.420. The van der Waals surface area contributed by atoms with E-state index in [0.29, 0.717) is 23.0 Å². The Balaban J connectivity index is 1.11. The fraction of sp³-hybridized carbons (Fsp3) is 0.682. The zero-order chi connectivity index (χ0) is 33.6. The molecule has 5 rings (SSSR count). The molecule has 48 heavy (non-hydrogen) atoms. The molecule has 3 aliphatic rings. The monoisotopic (exact) mass is 656 g/mol. The summed E-state index contributed by atoms with van der Waals surface area (Å²) in [5, 5.41) is 0. The van der Waals surface area contributed by atoms with Gasteiger partial charge in [-0.25, -0.2) is 9.59 Å². The molecule has 264 valence electrons. The van der Waals surface area contributed by atoms with Crippen LogP contribution in [0, 0.1) is 17.8 Å². The summed E-state index contributed by atoms with van der Waals surface area (Å²) >= 11 is 0. The number of rotatable bonds is 16. The molecule has 2 aromatic carbocycles. The molecule has 3 saturated carbocycles. The van der Waals surface area contributed by atoms with Gasteiger partial charge in [-0.1, -0.05) is 109 Å². The van der Waals surface area contributed by atoms with Gasteiger partial charge >= 0.3 is 11.9 Å². The Morgan fingerprint density at radius 1 is 0.583 bits per heavy atom. The van der Waals surface area contributed by atoms with Crippen molar-refractivity contribution in [2.24, 2.45) is 17.8 Å². The molecule has 0 aromatic heterocycles. The van der Waals surface area contributed by atoms with Gasteiger partial charge in [0.2, 0.25) is 0 Å². The van der Waals surface area contributed by atoms with Gasteiger partial charge in [-0.2, -0.15) is 0 Å². The van der Waals surface area contributed by atoms with Crippen LogP contribution in [0.2, 0.25) is 0 Å². The van der Waals surface area contributed by atoms with Crippen molar-refractivity contribution in [3.05, 3.63) is 70.8 Å². The first-order chi connectivity index (χ1) is 23.5. The summed E-state index contributed by atoms with van der Waals surface area (Å²) in [4.78, 5) is 26.5. The van der Waals surface area contributed by atoms with Crippen LogP contribution in [0.3, 0.4) is 0 Å². The third kappa shape index (κ3) is 10.9. The van der Waals surface area contributed by atoms with Crippen molar-refractivity contribution < 1.29 is 19.1 Å². The van der Waals surface area contributed by atoms with Crippen LogP contribution in [0.15, 0.2) is 48.5 Å². The SMILES string of the molecule is CCCCCC1CCC(c2ccc(C(=O)OCC(OC(=O)c3ccc(C4CCC(CCCCC)CC4)cc3)C3CCCCC3)cc2)CC1. The van der Waals surface area contributed by atoms with Crippen molar-refractivity contribution in [1.29, 1.82) is 0 Å². The largest absolute Gasteiger partial charge is 0.458 e. The molecular weight excluding hydrogens is 592 g/mol. The van der Waals surface area contributed by atoms with Crippen LogP contribution in [-0.4, -0.2) is 24.6 Å². The fourth-order valence-corrected chi connectivity index (χ4v) is 8.94. The number of ether oxygens (including phenoxy) is 2. The van der Waals surface area contributed by atoms with E-state index in [-0.39, 0.29) is 24.5 Å². The Bertz CT molecular complexity index is 1210. The van der Waals surface area contributed by atoms with Gasteiger partial charge in [-0.05, 0) is 129 Å². The topological polar surface area (TPSA) is 52.6 Å². The lowest BCUT2D eigenvalue weighted by molar-refractivity contribution is -0.0247. The quantitative estimate of drug-likeness (QED) is 0.133. The summed E-state index contributed by atoms with van der Waals surface area (Å²) in [7, 11) is 0. The fourth-order valence-electron chi connectivity index (χ4n) is 8.94. The predicted molar refractivity (Wildman–Crippen MR) is 197 cm³/mol. The molecule has 0 heterocycles. The Kier molecular flexibility index (Phi) is 14.9. The Labute approximate surface area is 292 Å². The smallest absolute Gasteiger partial charge is 0.338 e. The van der Waals surface area contributed by atoms with E-state index < -0.39 is 6.10 Å². The molecule has 1 unspecified atom stereocenters. The van der Waals surface area contributed by atoms with E-state index in [1.54, 1.807) is 0 Å². The zero-order valence-corrected chi connectivity index (χ0v) is 30.3. The minimum Gasteiger partial charge on any atom is -0.458 e. The van der Waals surface area contributed by atoms with Crippen molar-refractivity contribution in [2.75, 3.05) is 6.61 Å². The zero-order valence-electron chi connectivity index (χ0n) is 30.3. The lowest BCUT2D eigenvalue weighted by Gasteiger charge is -2.30. The number of hydrogen-bond donors (Lipinski definition) is 0. The van der Waals surface area contributed by atoms with Crippen LogP contribution in [0.25, 0.3) is 0 Å². The third-order valence-corrected chi connectivity index (χ3v) is 12.2. The van der Waals surface area contributed by atoms with E-state index in [1.807, 2.05) is 24.3 Å². The van der Waals surface area contributed by atoms with Gasteiger partial charge in [-0.3, -0.25) is 0 Å². The first kappa shape index (κ1) is 36.7. The van der Waals surface area contributed by atoms with Gasteiger partial charge in [0.15, 0.2) is 0 Å². The highest BCUT2D eigenvalue weighted by Crippen LogP contribution is 2.39. The molecule has 0 bridgehead atoms. The number of carbonyl (C=O) groups is 2. The Hall–Kier alpha value is -2.62. The molecule has 0 spiro atoms. The lowest BCUT2D eigenvalue weighted by atomic mass is 9.77. The molecule has 0 amide bonds.